The van der Waals surface area contributed by atoms with Crippen LogP contribution in [0.4, 0.5) is 5.69 Å². The predicted octanol–water partition coefficient (Wildman–Crippen LogP) is 1.13. The van der Waals surface area contributed by atoms with Gasteiger partial charge in [-0.15, -0.1) is 0 Å². The van der Waals surface area contributed by atoms with Gasteiger partial charge < -0.3 is 15.8 Å². The lowest BCUT2D eigenvalue weighted by atomic mass is 10.3. The maximum atomic E-state index is 11.6. The zero-order valence-electron chi connectivity index (χ0n) is 12.1. The number of nitrogen functional groups attached to an aromatic ring is 1. The molecule has 2 rings (SSSR count). The van der Waals surface area contributed by atoms with E-state index in [-0.39, 0.29) is 5.91 Å². The van der Waals surface area contributed by atoms with Gasteiger partial charge in [0.05, 0.1) is 18.7 Å². The van der Waals surface area contributed by atoms with Crippen molar-refractivity contribution in [3.8, 4) is 5.75 Å². The highest BCUT2D eigenvalue weighted by Gasteiger charge is 2.03. The minimum Gasteiger partial charge on any atom is -0.493 e. The van der Waals surface area contributed by atoms with Crippen LogP contribution in [0.3, 0.4) is 0 Å². The second kappa shape index (κ2) is 7.33. The van der Waals surface area contributed by atoms with Gasteiger partial charge in [0.2, 0.25) is 5.91 Å². The molecule has 0 saturated carbocycles. The van der Waals surface area contributed by atoms with E-state index in [1.165, 1.54) is 0 Å². The summed E-state index contributed by atoms with van der Waals surface area (Å²) in [4.78, 5) is 11.6. The van der Waals surface area contributed by atoms with Crippen molar-refractivity contribution in [1.29, 1.82) is 0 Å². The summed E-state index contributed by atoms with van der Waals surface area (Å²) in [5.74, 6) is 0.687. The highest BCUT2D eigenvalue weighted by molar-refractivity contribution is 5.75. The minimum absolute atomic E-state index is 0.0265. The summed E-state index contributed by atoms with van der Waals surface area (Å²) in [5.41, 5.74) is 7.24. The Balaban J connectivity index is 1.60. The molecule has 0 saturated heterocycles. The normalized spacial score (nSPS) is 10.3. The van der Waals surface area contributed by atoms with Crippen LogP contribution in [0.2, 0.25) is 0 Å². The molecule has 3 N–H and O–H groups in total. The number of nitrogens with zero attached hydrogens (tertiary/aromatic N) is 2. The Hall–Kier alpha value is -2.50. The van der Waals surface area contributed by atoms with Crippen LogP contribution >= 0.6 is 0 Å². The van der Waals surface area contributed by atoms with Gasteiger partial charge in [-0.25, -0.2) is 0 Å². The molecule has 0 aliphatic heterocycles. The zero-order valence-corrected chi connectivity index (χ0v) is 12.1. The van der Waals surface area contributed by atoms with Crippen molar-refractivity contribution in [1.82, 2.24) is 15.1 Å². The molecule has 0 atom stereocenters. The number of nitrogens with one attached hydrogen (secondary N) is 1. The number of amides is 1. The van der Waals surface area contributed by atoms with Gasteiger partial charge in [-0.1, -0.05) is 0 Å². The SMILES string of the molecule is Cn1ccc(CCNC(=O)CCOc2ccc(N)cc2)n1. The van der Waals surface area contributed by atoms with Crippen LogP contribution in [-0.4, -0.2) is 28.8 Å². The molecule has 6 heteroatoms. The Labute approximate surface area is 123 Å². The van der Waals surface area contributed by atoms with Crippen LogP contribution < -0.4 is 15.8 Å². The average Bonchev–Trinajstić information content (AvgIpc) is 2.87. The van der Waals surface area contributed by atoms with Gasteiger partial charge in [0.1, 0.15) is 5.75 Å². The van der Waals surface area contributed by atoms with Gasteiger partial charge in [0.15, 0.2) is 0 Å². The molecule has 21 heavy (non-hydrogen) atoms. The van der Waals surface area contributed by atoms with E-state index in [1.807, 2.05) is 19.3 Å². The molecule has 112 valence electrons. The van der Waals surface area contributed by atoms with E-state index in [1.54, 1.807) is 28.9 Å². The fraction of sp³-hybridized carbons (Fsp3) is 0.333. The van der Waals surface area contributed by atoms with E-state index in [4.69, 9.17) is 10.5 Å². The highest BCUT2D eigenvalue weighted by Crippen LogP contribution is 2.12. The molecule has 1 amide bonds. The largest absolute Gasteiger partial charge is 0.493 e. The smallest absolute Gasteiger partial charge is 0.223 e. The molecule has 0 unspecified atom stereocenters. The maximum absolute atomic E-state index is 11.6. The Bertz CT molecular complexity index is 578. The van der Waals surface area contributed by atoms with Gasteiger partial charge in [-0.05, 0) is 30.3 Å². The summed E-state index contributed by atoms with van der Waals surface area (Å²) >= 11 is 0. The van der Waals surface area contributed by atoms with Crippen molar-refractivity contribution in [3.05, 3.63) is 42.2 Å². The highest BCUT2D eigenvalue weighted by atomic mass is 16.5. The fourth-order valence-electron chi connectivity index (χ4n) is 1.84. The van der Waals surface area contributed by atoms with Gasteiger partial charge in [0.25, 0.3) is 0 Å². The third-order valence-corrected chi connectivity index (χ3v) is 2.95. The maximum Gasteiger partial charge on any atom is 0.223 e. The number of benzene rings is 1. The molecule has 1 aromatic heterocycles. The van der Waals surface area contributed by atoms with E-state index in [2.05, 4.69) is 10.4 Å². The number of ether oxygens (including phenoxy) is 1. The molecule has 0 aliphatic carbocycles. The summed E-state index contributed by atoms with van der Waals surface area (Å²) in [7, 11) is 1.87. The molecule has 2 aromatic rings. The Kier molecular flexibility index (Phi) is 5.20. The number of aromatic nitrogens is 2. The van der Waals surface area contributed by atoms with Gasteiger partial charge in [-0.2, -0.15) is 5.10 Å². The number of hydrogen-bond donors (Lipinski definition) is 2. The lowest BCUT2D eigenvalue weighted by Gasteiger charge is -2.07. The van der Waals surface area contributed by atoms with Gasteiger partial charge in [-0.3, -0.25) is 9.48 Å². The molecule has 0 fully saturated rings. The number of carbonyl (C=O) groups excluding carboxylic acids is 1. The van der Waals surface area contributed by atoms with Crippen molar-refractivity contribution in [3.63, 3.8) is 0 Å². The first-order chi connectivity index (χ1) is 10.1. The summed E-state index contributed by atoms with van der Waals surface area (Å²) in [6.45, 7) is 0.928. The van der Waals surface area contributed by atoms with E-state index < -0.39 is 0 Å². The van der Waals surface area contributed by atoms with Crippen molar-refractivity contribution in [2.75, 3.05) is 18.9 Å². The minimum atomic E-state index is -0.0265. The number of rotatable bonds is 7. The Morgan fingerprint density at radius 1 is 1.33 bits per heavy atom. The first kappa shape index (κ1) is 14.9. The summed E-state index contributed by atoms with van der Waals surface area (Å²) < 4.78 is 7.22. The number of nitrogens with two attached hydrogens (primary N) is 1. The van der Waals surface area contributed by atoms with Crippen molar-refractivity contribution < 1.29 is 9.53 Å². The number of hydrogen-bond acceptors (Lipinski definition) is 4. The number of anilines is 1. The lowest BCUT2D eigenvalue weighted by molar-refractivity contribution is -0.121. The molecule has 6 nitrogen and oxygen atoms in total. The first-order valence-electron chi connectivity index (χ1n) is 6.87. The standard InChI is InChI=1S/C15H20N4O2/c1-19-10-7-13(18-19)6-9-17-15(20)8-11-21-14-4-2-12(16)3-5-14/h2-5,7,10H,6,8-9,11,16H2,1H3,(H,17,20). The fourth-order valence-corrected chi connectivity index (χ4v) is 1.84. The van der Waals surface area contributed by atoms with Crippen LogP contribution in [0.5, 0.6) is 5.75 Å². The molecule has 1 heterocycles. The number of aryl methyl sites for hydroxylation is 1. The van der Waals surface area contributed by atoms with E-state index in [0.717, 1.165) is 12.1 Å². The van der Waals surface area contributed by atoms with Gasteiger partial charge in [0, 0.05) is 31.9 Å². The second-order valence-electron chi connectivity index (χ2n) is 4.75. The lowest BCUT2D eigenvalue weighted by Crippen LogP contribution is -2.27. The summed E-state index contributed by atoms with van der Waals surface area (Å²) in [6, 6.07) is 9.05. The molecule has 1 aromatic carbocycles. The topological polar surface area (TPSA) is 82.2 Å². The molecular formula is C15H20N4O2. The van der Waals surface area contributed by atoms with Crippen molar-refractivity contribution in [2.24, 2.45) is 7.05 Å². The second-order valence-corrected chi connectivity index (χ2v) is 4.75. The van der Waals surface area contributed by atoms with Crippen LogP contribution in [-0.2, 0) is 18.3 Å². The zero-order chi connectivity index (χ0) is 15.1. The van der Waals surface area contributed by atoms with E-state index in [9.17, 15) is 4.79 Å². The van der Waals surface area contributed by atoms with Crippen molar-refractivity contribution in [2.45, 2.75) is 12.8 Å². The van der Waals surface area contributed by atoms with Crippen LogP contribution in [0, 0.1) is 0 Å². The summed E-state index contributed by atoms with van der Waals surface area (Å²) in [5, 5.41) is 7.09. The third-order valence-electron chi connectivity index (χ3n) is 2.95. The average molecular weight is 288 g/mol. The van der Waals surface area contributed by atoms with Gasteiger partial charge >= 0.3 is 0 Å². The quantitative estimate of drug-likeness (QED) is 0.748. The van der Waals surface area contributed by atoms with E-state index >= 15 is 0 Å². The monoisotopic (exact) mass is 288 g/mol. The van der Waals surface area contributed by atoms with Crippen LogP contribution in [0.1, 0.15) is 12.1 Å². The first-order valence-corrected chi connectivity index (χ1v) is 6.87. The number of carbonyl (C=O) groups is 1. The molecule has 0 aliphatic rings. The van der Waals surface area contributed by atoms with Crippen LogP contribution in [0.15, 0.2) is 36.5 Å². The molecule has 0 radical (unpaired) electrons. The Morgan fingerprint density at radius 2 is 2.10 bits per heavy atom. The third kappa shape index (κ3) is 5.18. The van der Waals surface area contributed by atoms with E-state index in [0.29, 0.717) is 31.0 Å². The molecule has 0 spiro atoms. The predicted molar refractivity (Wildman–Crippen MR) is 80.9 cm³/mol. The van der Waals surface area contributed by atoms with Crippen molar-refractivity contribution >= 4 is 11.6 Å². The van der Waals surface area contributed by atoms with Crippen LogP contribution in [0.25, 0.3) is 0 Å². The molecular weight excluding hydrogens is 268 g/mol. The Morgan fingerprint density at radius 3 is 2.76 bits per heavy atom. The molecule has 0 bridgehead atoms. The summed E-state index contributed by atoms with van der Waals surface area (Å²) in [6.07, 6.45) is 2.94.